The van der Waals surface area contributed by atoms with E-state index in [0.29, 0.717) is 50.0 Å². The van der Waals surface area contributed by atoms with Gasteiger partial charge in [0.1, 0.15) is 12.4 Å². The Labute approximate surface area is 287 Å². The van der Waals surface area contributed by atoms with Crippen LogP contribution in [-0.4, -0.2) is 30.4 Å². The van der Waals surface area contributed by atoms with Crippen LogP contribution in [0.15, 0.2) is 86.2 Å². The second-order valence-corrected chi connectivity index (χ2v) is 13.5. The van der Waals surface area contributed by atoms with Gasteiger partial charge in [-0.15, -0.1) is 0 Å². The van der Waals surface area contributed by atoms with Gasteiger partial charge in [-0.05, 0) is 91.8 Å². The molecule has 0 saturated carbocycles. The van der Waals surface area contributed by atoms with Gasteiger partial charge < -0.3 is 18.9 Å². The number of fused-ring (bicyclic) bond motifs is 1. The third-order valence-corrected chi connectivity index (χ3v) is 9.17. The fourth-order valence-electron chi connectivity index (χ4n) is 5.02. The minimum absolute atomic E-state index is 0.0673. The molecule has 1 atom stereocenters. The van der Waals surface area contributed by atoms with Crippen molar-refractivity contribution < 1.29 is 23.7 Å². The maximum absolute atomic E-state index is 14.3. The number of hydrogen-bond acceptors (Lipinski definition) is 8. The molecule has 0 fully saturated rings. The highest BCUT2D eigenvalue weighted by molar-refractivity contribution is 14.1. The predicted molar refractivity (Wildman–Crippen MR) is 187 cm³/mol. The van der Waals surface area contributed by atoms with Gasteiger partial charge in [0.2, 0.25) is 0 Å². The number of methoxy groups -OCH3 is 1. The van der Waals surface area contributed by atoms with Crippen molar-refractivity contribution in [2.24, 2.45) is 4.99 Å². The molecule has 0 saturated heterocycles. The monoisotopic (exact) mass is 802 g/mol. The van der Waals surface area contributed by atoms with Crippen molar-refractivity contribution in [3.63, 3.8) is 0 Å². The second-order valence-electron chi connectivity index (χ2n) is 10.5. The predicted octanol–water partition coefficient (Wildman–Crippen LogP) is 6.54. The summed E-state index contributed by atoms with van der Waals surface area (Å²) in [5.74, 6) is 1.19. The van der Waals surface area contributed by atoms with Crippen molar-refractivity contribution in [3.05, 3.63) is 116 Å². The summed E-state index contributed by atoms with van der Waals surface area (Å²) < 4.78 is 27.1. The quantitative estimate of drug-likeness (QED) is 0.134. The molecule has 4 aromatic rings. The van der Waals surface area contributed by atoms with Gasteiger partial charge in [0.25, 0.3) is 5.56 Å². The van der Waals surface area contributed by atoms with Crippen molar-refractivity contribution in [3.8, 4) is 17.2 Å². The molecule has 8 nitrogen and oxygen atoms in total. The van der Waals surface area contributed by atoms with E-state index >= 15 is 0 Å². The number of esters is 1. The Kier molecular flexibility index (Phi) is 10.5. The first-order valence-electron chi connectivity index (χ1n) is 14.3. The van der Waals surface area contributed by atoms with E-state index in [9.17, 15) is 9.59 Å². The Morgan fingerprint density at radius 3 is 2.58 bits per heavy atom. The maximum atomic E-state index is 14.3. The summed E-state index contributed by atoms with van der Waals surface area (Å²) in [5, 5.41) is 0. The van der Waals surface area contributed by atoms with Gasteiger partial charge in [-0.3, -0.25) is 9.36 Å². The molecule has 11 heteroatoms. The second kappa shape index (κ2) is 14.3. The molecule has 5 rings (SSSR count). The van der Waals surface area contributed by atoms with Crippen molar-refractivity contribution >= 4 is 61.9 Å². The molecule has 0 aliphatic carbocycles. The Morgan fingerprint density at radius 2 is 1.89 bits per heavy atom. The normalized spacial score (nSPS) is 14.7. The van der Waals surface area contributed by atoms with Crippen molar-refractivity contribution in [2.45, 2.75) is 46.4 Å². The molecule has 0 N–H and O–H groups in total. The molecule has 1 aromatic heterocycles. The van der Waals surface area contributed by atoms with Gasteiger partial charge >= 0.3 is 5.97 Å². The standard InChI is InChI=1S/C34H32BrIN2O6S/c1-6-42-33(40)29-20(4)37-34-38(30(29)22-12-13-26(44-19(2)3)27(15-22)41-5)32(39)28(45-34)16-23-14-24(35)17-25(36)31(23)43-18-21-10-8-7-9-11-21/h7-17,19,30H,6,18H2,1-5H3/b28-16+/t30-/m1/s1. The van der Waals surface area contributed by atoms with Gasteiger partial charge in [-0.1, -0.05) is 63.7 Å². The minimum atomic E-state index is -0.791. The maximum Gasteiger partial charge on any atom is 0.338 e. The number of thiazole rings is 1. The molecule has 0 bridgehead atoms. The van der Waals surface area contributed by atoms with Crippen LogP contribution in [0.2, 0.25) is 0 Å². The molecular formula is C34H32BrIN2O6S. The molecule has 1 aliphatic heterocycles. The fourth-order valence-corrected chi connectivity index (χ4v) is 7.77. The number of allylic oxidation sites excluding steroid dienone is 1. The van der Waals surface area contributed by atoms with E-state index in [0.717, 1.165) is 19.2 Å². The number of halogens is 2. The van der Waals surface area contributed by atoms with Crippen LogP contribution in [-0.2, 0) is 16.1 Å². The molecule has 0 amide bonds. The zero-order chi connectivity index (χ0) is 32.2. The van der Waals surface area contributed by atoms with Crippen LogP contribution in [0, 0.1) is 3.57 Å². The summed E-state index contributed by atoms with van der Waals surface area (Å²) in [7, 11) is 1.56. The average molecular weight is 804 g/mol. The highest BCUT2D eigenvalue weighted by Gasteiger charge is 2.34. The summed E-state index contributed by atoms with van der Waals surface area (Å²) in [4.78, 5) is 32.8. The van der Waals surface area contributed by atoms with Crippen molar-refractivity contribution in [1.82, 2.24) is 4.57 Å². The molecule has 234 valence electrons. The third kappa shape index (κ3) is 7.20. The highest BCUT2D eigenvalue weighted by atomic mass is 127. The van der Waals surface area contributed by atoms with E-state index in [1.54, 1.807) is 37.7 Å². The molecule has 3 aromatic carbocycles. The number of rotatable bonds is 10. The topological polar surface area (TPSA) is 88.4 Å². The van der Waals surface area contributed by atoms with Crippen LogP contribution in [0.3, 0.4) is 0 Å². The van der Waals surface area contributed by atoms with Crippen LogP contribution in [0.5, 0.6) is 17.2 Å². The minimum Gasteiger partial charge on any atom is -0.493 e. The van der Waals surface area contributed by atoms with Crippen molar-refractivity contribution in [2.75, 3.05) is 13.7 Å². The summed E-state index contributed by atoms with van der Waals surface area (Å²) in [5.41, 5.74) is 2.92. The van der Waals surface area contributed by atoms with Crippen LogP contribution >= 0.6 is 49.9 Å². The van der Waals surface area contributed by atoms with Gasteiger partial charge in [0, 0.05) is 10.0 Å². The van der Waals surface area contributed by atoms with Gasteiger partial charge in [-0.25, -0.2) is 9.79 Å². The summed E-state index contributed by atoms with van der Waals surface area (Å²) >= 11 is 7.09. The lowest BCUT2D eigenvalue weighted by atomic mass is 9.95. The Balaban J connectivity index is 1.67. The van der Waals surface area contributed by atoms with Gasteiger partial charge in [0.15, 0.2) is 16.3 Å². The zero-order valence-electron chi connectivity index (χ0n) is 25.4. The largest absolute Gasteiger partial charge is 0.493 e. The van der Waals surface area contributed by atoms with Crippen LogP contribution in [0.4, 0.5) is 0 Å². The van der Waals surface area contributed by atoms with E-state index < -0.39 is 12.0 Å². The average Bonchev–Trinajstić information content (AvgIpc) is 3.30. The fraction of sp³-hybridized carbons (Fsp3) is 0.265. The van der Waals surface area contributed by atoms with E-state index in [-0.39, 0.29) is 18.3 Å². The Morgan fingerprint density at radius 1 is 1.13 bits per heavy atom. The van der Waals surface area contributed by atoms with E-state index in [1.807, 2.05) is 68.5 Å². The smallest absolute Gasteiger partial charge is 0.338 e. The van der Waals surface area contributed by atoms with Crippen LogP contribution in [0.1, 0.15) is 50.4 Å². The van der Waals surface area contributed by atoms with Gasteiger partial charge in [-0.2, -0.15) is 0 Å². The van der Waals surface area contributed by atoms with Crippen LogP contribution < -0.4 is 29.1 Å². The van der Waals surface area contributed by atoms with E-state index in [2.05, 4.69) is 38.5 Å². The SMILES string of the molecule is CCOC(=O)C1=C(C)N=c2s/c(=C/c3cc(Br)cc(I)c3OCc3ccccc3)c(=O)n2[C@@H]1c1ccc(OC(C)C)c(OC)c1. The lowest BCUT2D eigenvalue weighted by Crippen LogP contribution is -2.40. The molecule has 45 heavy (non-hydrogen) atoms. The Bertz CT molecular complexity index is 1950. The molecule has 0 radical (unpaired) electrons. The summed E-state index contributed by atoms with van der Waals surface area (Å²) in [6.45, 7) is 7.93. The number of carbonyl (C=O) groups excluding carboxylic acids is 1. The lowest BCUT2D eigenvalue weighted by molar-refractivity contribution is -0.139. The molecule has 2 heterocycles. The molecular weight excluding hydrogens is 771 g/mol. The summed E-state index contributed by atoms with van der Waals surface area (Å²) in [6, 6.07) is 18.4. The van der Waals surface area contributed by atoms with E-state index in [4.69, 9.17) is 23.9 Å². The third-order valence-electron chi connectivity index (χ3n) is 6.93. The van der Waals surface area contributed by atoms with Crippen molar-refractivity contribution in [1.29, 1.82) is 0 Å². The van der Waals surface area contributed by atoms with Crippen LogP contribution in [0.25, 0.3) is 6.08 Å². The molecule has 0 spiro atoms. The number of ether oxygens (including phenoxy) is 4. The number of aromatic nitrogens is 1. The Hall–Kier alpha value is -3.42. The first kappa shape index (κ1) is 33.0. The molecule has 0 unspecified atom stereocenters. The number of benzene rings is 3. The zero-order valence-corrected chi connectivity index (χ0v) is 30.0. The number of hydrogen-bond donors (Lipinski definition) is 0. The number of nitrogens with zero attached hydrogens (tertiary/aromatic N) is 2. The first-order chi connectivity index (χ1) is 21.6. The highest BCUT2D eigenvalue weighted by Crippen LogP contribution is 2.37. The van der Waals surface area contributed by atoms with Gasteiger partial charge in [0.05, 0.1) is 45.2 Å². The first-order valence-corrected chi connectivity index (χ1v) is 17.0. The lowest BCUT2D eigenvalue weighted by Gasteiger charge is -2.25. The molecule has 1 aliphatic rings. The number of carbonyl (C=O) groups is 1. The summed E-state index contributed by atoms with van der Waals surface area (Å²) in [6.07, 6.45) is 1.75. The van der Waals surface area contributed by atoms with E-state index in [1.165, 1.54) is 11.3 Å².